The number of hydrogen-bond acceptors (Lipinski definition) is 6. The molecule has 1 fully saturated rings. The van der Waals surface area contributed by atoms with E-state index >= 15 is 0 Å². The van der Waals surface area contributed by atoms with E-state index in [0.29, 0.717) is 6.04 Å². The zero-order valence-corrected chi connectivity index (χ0v) is 15.0. The first-order chi connectivity index (χ1) is 12.2. The fourth-order valence-electron chi connectivity index (χ4n) is 3.59. The van der Waals surface area contributed by atoms with Crippen molar-refractivity contribution in [1.82, 2.24) is 34.2 Å². The Morgan fingerprint density at radius 1 is 1.20 bits per heavy atom. The van der Waals surface area contributed by atoms with Crippen molar-refractivity contribution in [2.45, 2.75) is 33.0 Å². The Hall–Kier alpha value is -2.48. The molecular formula is C17H24N8. The van der Waals surface area contributed by atoms with E-state index in [0.717, 1.165) is 55.4 Å². The van der Waals surface area contributed by atoms with Gasteiger partial charge in [-0.3, -0.25) is 9.58 Å². The zero-order valence-electron chi connectivity index (χ0n) is 15.0. The molecule has 3 aromatic heterocycles. The highest BCUT2D eigenvalue weighted by molar-refractivity contribution is 5.86. The number of aromatic nitrogens is 6. The number of imidazole rings is 1. The van der Waals surface area contributed by atoms with E-state index in [-0.39, 0.29) is 0 Å². The van der Waals surface area contributed by atoms with Gasteiger partial charge in [-0.25, -0.2) is 15.0 Å². The largest absolute Gasteiger partial charge is 0.353 e. The van der Waals surface area contributed by atoms with Crippen LogP contribution in [0, 0.1) is 0 Å². The lowest BCUT2D eigenvalue weighted by Gasteiger charge is -2.40. The van der Waals surface area contributed by atoms with Gasteiger partial charge in [-0.15, -0.1) is 0 Å². The molecule has 0 aliphatic carbocycles. The van der Waals surface area contributed by atoms with Crippen LogP contribution in [0.4, 0.5) is 5.82 Å². The summed E-state index contributed by atoms with van der Waals surface area (Å²) in [5.74, 6) is 2.12. The number of aryl methyl sites for hydroxylation is 2. The van der Waals surface area contributed by atoms with Gasteiger partial charge >= 0.3 is 0 Å². The van der Waals surface area contributed by atoms with E-state index in [1.165, 1.54) is 0 Å². The molecule has 1 aliphatic rings. The predicted octanol–water partition coefficient (Wildman–Crippen LogP) is 1.29. The molecule has 0 amide bonds. The Morgan fingerprint density at radius 3 is 2.88 bits per heavy atom. The Bertz CT molecular complexity index is 867. The Balaban J connectivity index is 1.51. The summed E-state index contributed by atoms with van der Waals surface area (Å²) in [5, 5.41) is 5.34. The quantitative estimate of drug-likeness (QED) is 0.713. The molecule has 1 atom stereocenters. The predicted molar refractivity (Wildman–Crippen MR) is 96.3 cm³/mol. The second kappa shape index (κ2) is 6.44. The first-order valence-corrected chi connectivity index (χ1v) is 8.79. The molecule has 4 rings (SSSR count). The van der Waals surface area contributed by atoms with Crippen molar-refractivity contribution in [3.63, 3.8) is 0 Å². The van der Waals surface area contributed by atoms with Crippen LogP contribution in [-0.2, 0) is 20.1 Å². The van der Waals surface area contributed by atoms with Gasteiger partial charge < -0.3 is 9.47 Å². The van der Waals surface area contributed by atoms with Crippen LogP contribution in [0.5, 0.6) is 0 Å². The number of fused-ring (bicyclic) bond motifs is 1. The minimum absolute atomic E-state index is 0.428. The molecule has 0 spiro atoms. The van der Waals surface area contributed by atoms with Crippen molar-refractivity contribution < 1.29 is 0 Å². The third kappa shape index (κ3) is 2.86. The van der Waals surface area contributed by atoms with Crippen LogP contribution in [-0.4, -0.2) is 59.9 Å². The number of nitrogens with zero attached hydrogens (tertiary/aromatic N) is 8. The number of piperazine rings is 1. The highest BCUT2D eigenvalue weighted by atomic mass is 15.3. The van der Waals surface area contributed by atoms with Crippen molar-refractivity contribution in [3.05, 3.63) is 30.7 Å². The van der Waals surface area contributed by atoms with E-state index in [9.17, 15) is 0 Å². The van der Waals surface area contributed by atoms with Crippen LogP contribution in [0.1, 0.15) is 19.7 Å². The Morgan fingerprint density at radius 2 is 2.08 bits per heavy atom. The van der Waals surface area contributed by atoms with Gasteiger partial charge in [-0.1, -0.05) is 0 Å². The maximum Gasteiger partial charge on any atom is 0.163 e. The molecular weight excluding hydrogens is 316 g/mol. The lowest BCUT2D eigenvalue weighted by atomic mass is 10.2. The molecule has 0 aromatic carbocycles. The average molecular weight is 340 g/mol. The number of hydrogen-bond donors (Lipinski definition) is 0. The second-order valence-electron chi connectivity index (χ2n) is 6.60. The maximum atomic E-state index is 4.53. The van der Waals surface area contributed by atoms with Gasteiger partial charge in [0.25, 0.3) is 0 Å². The third-order valence-corrected chi connectivity index (χ3v) is 5.06. The molecule has 0 saturated carbocycles. The molecule has 8 nitrogen and oxygen atoms in total. The fraction of sp³-hybridized carbons (Fsp3) is 0.529. The highest BCUT2D eigenvalue weighted by Gasteiger charge is 2.27. The third-order valence-electron chi connectivity index (χ3n) is 5.06. The van der Waals surface area contributed by atoms with Crippen molar-refractivity contribution in [3.8, 4) is 0 Å². The van der Waals surface area contributed by atoms with E-state index in [1.807, 2.05) is 19.4 Å². The van der Waals surface area contributed by atoms with Crippen molar-refractivity contribution in [1.29, 1.82) is 0 Å². The average Bonchev–Trinajstić information content (AvgIpc) is 3.23. The smallest absolute Gasteiger partial charge is 0.163 e. The molecule has 3 aromatic rings. The van der Waals surface area contributed by atoms with E-state index in [2.05, 4.69) is 54.5 Å². The molecule has 1 saturated heterocycles. The van der Waals surface area contributed by atoms with Crippen molar-refractivity contribution >= 4 is 16.9 Å². The lowest BCUT2D eigenvalue weighted by Crippen LogP contribution is -2.52. The summed E-state index contributed by atoms with van der Waals surface area (Å²) in [4.78, 5) is 18.2. The monoisotopic (exact) mass is 340 g/mol. The van der Waals surface area contributed by atoms with E-state index < -0.39 is 0 Å². The molecule has 25 heavy (non-hydrogen) atoms. The normalized spacial score (nSPS) is 19.0. The topological polar surface area (TPSA) is 67.9 Å². The SMILES string of the molecule is CCn1ccnc1CN1CCN(c2ncnc3c2cnn3C)C[C@@H]1C. The summed E-state index contributed by atoms with van der Waals surface area (Å²) in [5.41, 5.74) is 0.880. The van der Waals surface area contributed by atoms with Gasteiger partial charge in [0.05, 0.1) is 18.1 Å². The van der Waals surface area contributed by atoms with Crippen molar-refractivity contribution in [2.24, 2.45) is 7.05 Å². The summed E-state index contributed by atoms with van der Waals surface area (Å²) < 4.78 is 4.01. The zero-order chi connectivity index (χ0) is 17.4. The first kappa shape index (κ1) is 16.0. The van der Waals surface area contributed by atoms with E-state index in [4.69, 9.17) is 0 Å². The van der Waals surface area contributed by atoms with Crippen LogP contribution >= 0.6 is 0 Å². The Kier molecular flexibility index (Phi) is 4.12. The molecule has 132 valence electrons. The van der Waals surface area contributed by atoms with E-state index in [1.54, 1.807) is 11.0 Å². The van der Waals surface area contributed by atoms with Gasteiger partial charge in [-0.05, 0) is 13.8 Å². The van der Waals surface area contributed by atoms with Gasteiger partial charge in [0.1, 0.15) is 18.0 Å². The minimum Gasteiger partial charge on any atom is -0.353 e. The molecule has 0 radical (unpaired) electrons. The summed E-state index contributed by atoms with van der Waals surface area (Å²) in [6, 6.07) is 0.428. The van der Waals surface area contributed by atoms with Gasteiger partial charge in [0, 0.05) is 51.7 Å². The highest BCUT2D eigenvalue weighted by Crippen LogP contribution is 2.25. The fourth-order valence-corrected chi connectivity index (χ4v) is 3.59. The van der Waals surface area contributed by atoms with Crippen LogP contribution < -0.4 is 4.90 Å². The Labute approximate surface area is 147 Å². The molecule has 8 heteroatoms. The molecule has 0 bridgehead atoms. The summed E-state index contributed by atoms with van der Waals surface area (Å²) >= 11 is 0. The molecule has 0 N–H and O–H groups in total. The summed E-state index contributed by atoms with van der Waals surface area (Å²) in [6.07, 6.45) is 7.43. The second-order valence-corrected chi connectivity index (χ2v) is 6.60. The van der Waals surface area contributed by atoms with Gasteiger partial charge in [-0.2, -0.15) is 5.10 Å². The number of anilines is 1. The van der Waals surface area contributed by atoms with Crippen LogP contribution in [0.15, 0.2) is 24.9 Å². The summed E-state index contributed by atoms with van der Waals surface area (Å²) in [6.45, 7) is 9.15. The molecule has 0 unspecified atom stereocenters. The molecule has 4 heterocycles. The summed E-state index contributed by atoms with van der Waals surface area (Å²) in [7, 11) is 1.91. The van der Waals surface area contributed by atoms with Crippen LogP contribution in [0.25, 0.3) is 11.0 Å². The van der Waals surface area contributed by atoms with Crippen LogP contribution in [0.3, 0.4) is 0 Å². The van der Waals surface area contributed by atoms with Gasteiger partial charge in [0.2, 0.25) is 0 Å². The minimum atomic E-state index is 0.428. The lowest BCUT2D eigenvalue weighted by molar-refractivity contribution is 0.174. The van der Waals surface area contributed by atoms with Gasteiger partial charge in [0.15, 0.2) is 5.65 Å². The first-order valence-electron chi connectivity index (χ1n) is 8.79. The maximum absolute atomic E-state index is 4.53. The number of rotatable bonds is 4. The molecule has 1 aliphatic heterocycles. The van der Waals surface area contributed by atoms with Crippen LogP contribution in [0.2, 0.25) is 0 Å². The van der Waals surface area contributed by atoms with Crippen molar-refractivity contribution in [2.75, 3.05) is 24.5 Å². The standard InChI is InChI=1S/C17H24N8/c1-4-23-6-5-18-15(23)11-24-7-8-25(10-13(24)2)17-14-9-21-22(3)16(14)19-12-20-17/h5-6,9,12-13H,4,7-8,10-11H2,1-3H3/t13-/m0/s1.